The summed E-state index contributed by atoms with van der Waals surface area (Å²) in [5, 5.41) is 18.6. The third kappa shape index (κ3) is 5.28. The molecule has 0 spiro atoms. The molecule has 172 valence electrons. The molecule has 0 saturated heterocycles. The van der Waals surface area contributed by atoms with Crippen LogP contribution in [-0.4, -0.2) is 10.2 Å². The molecular formula is C17H8F12O2. The molecule has 2 nitrogen and oxygen atoms in total. The molecule has 0 aromatic heterocycles. The van der Waals surface area contributed by atoms with Gasteiger partial charge in [0.25, 0.3) is 0 Å². The molecule has 0 aliphatic heterocycles. The minimum Gasteiger partial charge on any atom is -0.507 e. The lowest BCUT2D eigenvalue weighted by atomic mass is 9.95. The first kappa shape index (κ1) is 24.5. The van der Waals surface area contributed by atoms with Crippen LogP contribution >= 0.6 is 0 Å². The van der Waals surface area contributed by atoms with Gasteiger partial charge in [-0.2, -0.15) is 52.7 Å². The first-order valence-corrected chi connectivity index (χ1v) is 7.73. The molecule has 0 aliphatic rings. The van der Waals surface area contributed by atoms with E-state index in [2.05, 4.69) is 0 Å². The molecule has 0 aliphatic carbocycles. The molecule has 0 atom stereocenters. The van der Waals surface area contributed by atoms with Gasteiger partial charge >= 0.3 is 24.7 Å². The maximum atomic E-state index is 13.0. The zero-order valence-corrected chi connectivity index (χ0v) is 14.4. The molecule has 0 unspecified atom stereocenters. The molecule has 0 bridgehead atoms. The van der Waals surface area contributed by atoms with Crippen LogP contribution in [0, 0.1) is 0 Å². The zero-order chi connectivity index (χ0) is 24.2. The van der Waals surface area contributed by atoms with Crippen LogP contribution in [-0.2, 0) is 31.1 Å². The maximum Gasteiger partial charge on any atom is 0.419 e. The second-order valence-corrected chi connectivity index (χ2v) is 6.25. The molecule has 0 heterocycles. The quantitative estimate of drug-likeness (QED) is 0.474. The summed E-state index contributed by atoms with van der Waals surface area (Å²) in [6, 6.07) is -0.119. The topological polar surface area (TPSA) is 40.5 Å². The second kappa shape index (κ2) is 7.41. The van der Waals surface area contributed by atoms with Crippen LogP contribution in [0.15, 0.2) is 24.3 Å². The van der Waals surface area contributed by atoms with E-state index in [9.17, 15) is 62.9 Å². The monoisotopic (exact) mass is 472 g/mol. The van der Waals surface area contributed by atoms with Gasteiger partial charge in [0.1, 0.15) is 11.5 Å². The molecule has 0 saturated carbocycles. The van der Waals surface area contributed by atoms with Gasteiger partial charge in [0, 0.05) is 0 Å². The average Bonchev–Trinajstić information content (AvgIpc) is 2.53. The van der Waals surface area contributed by atoms with Crippen molar-refractivity contribution in [2.45, 2.75) is 31.1 Å². The highest BCUT2D eigenvalue weighted by Gasteiger charge is 2.43. The van der Waals surface area contributed by atoms with Gasteiger partial charge in [-0.15, -0.1) is 0 Å². The molecule has 0 radical (unpaired) electrons. The predicted octanol–water partition coefficient (Wildman–Crippen LogP) is 6.76. The summed E-state index contributed by atoms with van der Waals surface area (Å²) in [7, 11) is 0. The minimum absolute atomic E-state index is 0.0298. The Morgan fingerprint density at radius 1 is 0.452 bits per heavy atom. The van der Waals surface area contributed by atoms with Gasteiger partial charge in [0.05, 0.1) is 22.3 Å². The Hall–Kier alpha value is -2.80. The third-order valence-corrected chi connectivity index (χ3v) is 3.97. The summed E-state index contributed by atoms with van der Waals surface area (Å²) in [5.74, 6) is -4.39. The van der Waals surface area contributed by atoms with Crippen molar-refractivity contribution in [3.63, 3.8) is 0 Å². The van der Waals surface area contributed by atoms with Gasteiger partial charge in [0.15, 0.2) is 0 Å². The van der Waals surface area contributed by atoms with Gasteiger partial charge < -0.3 is 10.2 Å². The zero-order valence-electron chi connectivity index (χ0n) is 14.4. The van der Waals surface area contributed by atoms with Crippen molar-refractivity contribution in [1.29, 1.82) is 0 Å². The van der Waals surface area contributed by atoms with Crippen LogP contribution < -0.4 is 0 Å². The van der Waals surface area contributed by atoms with E-state index in [0.717, 1.165) is 0 Å². The molecule has 2 N–H and O–H groups in total. The molecule has 0 amide bonds. The Morgan fingerprint density at radius 2 is 0.645 bits per heavy atom. The highest BCUT2D eigenvalue weighted by atomic mass is 19.4. The Morgan fingerprint density at radius 3 is 0.806 bits per heavy atom. The lowest BCUT2D eigenvalue weighted by Gasteiger charge is -2.19. The van der Waals surface area contributed by atoms with Crippen LogP contribution in [0.3, 0.4) is 0 Å². The van der Waals surface area contributed by atoms with E-state index in [-0.39, 0.29) is 24.3 Å². The van der Waals surface area contributed by atoms with Crippen molar-refractivity contribution in [3.05, 3.63) is 57.6 Å². The Labute approximate surface area is 164 Å². The first-order chi connectivity index (χ1) is 13.7. The number of aromatic hydroxyl groups is 2. The first-order valence-electron chi connectivity index (χ1n) is 7.73. The fourth-order valence-electron chi connectivity index (χ4n) is 2.69. The number of rotatable bonds is 2. The van der Waals surface area contributed by atoms with Crippen LogP contribution in [0.2, 0.25) is 0 Å². The van der Waals surface area contributed by atoms with Crippen molar-refractivity contribution in [2.24, 2.45) is 0 Å². The highest BCUT2D eigenvalue weighted by Crippen LogP contribution is 2.46. The van der Waals surface area contributed by atoms with E-state index in [0.29, 0.717) is 0 Å². The standard InChI is InChI=1S/C17H8F12O2/c18-14(19,20)8-2-6(3-9(12(8)30)15(21,22)23)1-7-4-10(16(24,25)26)13(31)11(5-7)17(27,28)29/h2-5,30-31H,1H2. The van der Waals surface area contributed by atoms with E-state index >= 15 is 0 Å². The van der Waals surface area contributed by atoms with Crippen molar-refractivity contribution in [3.8, 4) is 11.5 Å². The fraction of sp³-hybridized carbons (Fsp3) is 0.294. The van der Waals surface area contributed by atoms with Gasteiger partial charge in [-0.1, -0.05) is 0 Å². The summed E-state index contributed by atoms with van der Waals surface area (Å²) in [5.41, 5.74) is -10.7. The largest absolute Gasteiger partial charge is 0.507 e. The molecule has 2 aromatic rings. The van der Waals surface area contributed by atoms with Crippen LogP contribution in [0.25, 0.3) is 0 Å². The SMILES string of the molecule is Oc1c(C(F)(F)F)cc(Cc2cc(C(F)(F)F)c(O)c(C(F)(F)F)c2)cc1C(F)(F)F. The van der Waals surface area contributed by atoms with E-state index in [1.807, 2.05) is 0 Å². The number of hydrogen-bond acceptors (Lipinski definition) is 2. The van der Waals surface area contributed by atoms with Crippen molar-refractivity contribution >= 4 is 0 Å². The maximum absolute atomic E-state index is 13.0. The van der Waals surface area contributed by atoms with Crippen molar-refractivity contribution in [1.82, 2.24) is 0 Å². The summed E-state index contributed by atoms with van der Waals surface area (Å²) < 4.78 is 156. The smallest absolute Gasteiger partial charge is 0.419 e. The van der Waals surface area contributed by atoms with Gasteiger partial charge in [-0.05, 0) is 41.8 Å². The van der Waals surface area contributed by atoms with Gasteiger partial charge in [-0.3, -0.25) is 0 Å². The van der Waals surface area contributed by atoms with Crippen molar-refractivity contribution in [2.75, 3.05) is 0 Å². The lowest BCUT2D eigenvalue weighted by Crippen LogP contribution is -2.14. The number of phenols is 2. The van der Waals surface area contributed by atoms with Gasteiger partial charge in [-0.25, -0.2) is 0 Å². The van der Waals surface area contributed by atoms with E-state index < -0.39 is 76.0 Å². The highest BCUT2D eigenvalue weighted by molar-refractivity contribution is 5.51. The Bertz CT molecular complexity index is 831. The van der Waals surface area contributed by atoms with Crippen LogP contribution in [0.5, 0.6) is 11.5 Å². The number of halogens is 12. The molecule has 2 aromatic carbocycles. The molecule has 0 fully saturated rings. The number of benzene rings is 2. The van der Waals surface area contributed by atoms with Crippen LogP contribution in [0.1, 0.15) is 33.4 Å². The third-order valence-electron chi connectivity index (χ3n) is 3.97. The lowest BCUT2D eigenvalue weighted by molar-refractivity contribution is -0.147. The molecule has 2 rings (SSSR count). The summed E-state index contributed by atoms with van der Waals surface area (Å²) in [6.45, 7) is 0. The van der Waals surface area contributed by atoms with Crippen molar-refractivity contribution < 1.29 is 62.9 Å². The van der Waals surface area contributed by atoms with E-state index in [4.69, 9.17) is 0 Å². The number of phenolic OH excluding ortho intramolecular Hbond substituents is 2. The minimum atomic E-state index is -5.51. The summed E-state index contributed by atoms with van der Waals surface area (Å²) in [4.78, 5) is 0. The molecule has 31 heavy (non-hydrogen) atoms. The molecular weight excluding hydrogens is 464 g/mol. The molecule has 14 heteroatoms. The Balaban J connectivity index is 2.73. The second-order valence-electron chi connectivity index (χ2n) is 6.25. The van der Waals surface area contributed by atoms with E-state index in [1.54, 1.807) is 0 Å². The predicted molar refractivity (Wildman–Crippen MR) is 79.0 cm³/mol. The summed E-state index contributed by atoms with van der Waals surface area (Å²) >= 11 is 0. The van der Waals surface area contributed by atoms with Gasteiger partial charge in [0.2, 0.25) is 0 Å². The summed E-state index contributed by atoms with van der Waals surface area (Å²) in [6.07, 6.45) is -23.3. The fourth-order valence-corrected chi connectivity index (χ4v) is 2.69. The number of alkyl halides is 12. The van der Waals surface area contributed by atoms with Crippen LogP contribution in [0.4, 0.5) is 52.7 Å². The Kier molecular flexibility index (Phi) is 5.85. The van der Waals surface area contributed by atoms with E-state index in [1.165, 1.54) is 0 Å². The normalized spacial score (nSPS) is 13.5. The number of hydrogen-bond donors (Lipinski definition) is 2. The average molecular weight is 472 g/mol.